The summed E-state index contributed by atoms with van der Waals surface area (Å²) in [7, 11) is 0. The molecule has 0 aliphatic rings. The summed E-state index contributed by atoms with van der Waals surface area (Å²) >= 11 is 1.74. The van der Waals surface area contributed by atoms with Crippen molar-refractivity contribution in [1.29, 1.82) is 0 Å². The van der Waals surface area contributed by atoms with E-state index in [0.29, 0.717) is 17.3 Å². The molecule has 0 bridgehead atoms. The molecule has 0 fully saturated rings. The number of fused-ring (bicyclic) bond motifs is 1. The standard InChI is InChI=1S/C13H16F3N3S/c1-8(20-2)5-6-19-11-4-3-9(13(14,15)16)7-10(11)18-12(19)17/h3-4,7-8H,5-6H2,1-2H3,(H2,17,18). The minimum atomic E-state index is -4.36. The van der Waals surface area contributed by atoms with E-state index in [9.17, 15) is 13.2 Å². The molecule has 3 nitrogen and oxygen atoms in total. The molecule has 20 heavy (non-hydrogen) atoms. The first-order valence-electron chi connectivity index (χ1n) is 6.18. The van der Waals surface area contributed by atoms with Crippen molar-refractivity contribution < 1.29 is 13.2 Å². The maximum absolute atomic E-state index is 12.7. The molecule has 1 aromatic carbocycles. The number of rotatable bonds is 4. The number of thioether (sulfide) groups is 1. The Balaban J connectivity index is 2.35. The zero-order valence-corrected chi connectivity index (χ0v) is 12.1. The number of nitrogens with zero attached hydrogens (tertiary/aromatic N) is 2. The second-order valence-electron chi connectivity index (χ2n) is 4.66. The molecule has 110 valence electrons. The summed E-state index contributed by atoms with van der Waals surface area (Å²) in [6.07, 6.45) is -1.45. The minimum absolute atomic E-state index is 0.257. The van der Waals surface area contributed by atoms with Crippen LogP contribution in [-0.4, -0.2) is 21.1 Å². The van der Waals surface area contributed by atoms with Gasteiger partial charge in [-0.1, -0.05) is 6.92 Å². The van der Waals surface area contributed by atoms with E-state index in [2.05, 4.69) is 11.9 Å². The Morgan fingerprint density at radius 1 is 1.40 bits per heavy atom. The highest BCUT2D eigenvalue weighted by Crippen LogP contribution is 2.32. The summed E-state index contributed by atoms with van der Waals surface area (Å²) < 4.78 is 39.7. The molecule has 2 rings (SSSR count). The Kier molecular flexibility index (Phi) is 4.17. The van der Waals surface area contributed by atoms with Crippen LogP contribution in [0.4, 0.5) is 19.1 Å². The molecule has 1 unspecified atom stereocenters. The second-order valence-corrected chi connectivity index (χ2v) is 5.93. The van der Waals surface area contributed by atoms with Gasteiger partial charge in [0.2, 0.25) is 5.95 Å². The zero-order valence-electron chi connectivity index (χ0n) is 11.2. The van der Waals surface area contributed by atoms with Crippen molar-refractivity contribution in [1.82, 2.24) is 9.55 Å². The van der Waals surface area contributed by atoms with Gasteiger partial charge in [0.1, 0.15) is 0 Å². The number of imidazole rings is 1. The molecule has 0 amide bonds. The summed E-state index contributed by atoms with van der Waals surface area (Å²) in [6.45, 7) is 2.75. The van der Waals surface area contributed by atoms with Crippen LogP contribution in [0.1, 0.15) is 18.9 Å². The first kappa shape index (κ1) is 15.0. The van der Waals surface area contributed by atoms with E-state index in [4.69, 9.17) is 5.73 Å². The van der Waals surface area contributed by atoms with Crippen LogP contribution in [0, 0.1) is 0 Å². The van der Waals surface area contributed by atoms with Gasteiger partial charge < -0.3 is 10.3 Å². The molecule has 0 aliphatic carbocycles. The van der Waals surface area contributed by atoms with E-state index in [-0.39, 0.29) is 11.5 Å². The van der Waals surface area contributed by atoms with Gasteiger partial charge in [0.15, 0.2) is 0 Å². The van der Waals surface area contributed by atoms with E-state index in [0.717, 1.165) is 18.6 Å². The maximum atomic E-state index is 12.7. The Bertz CT molecular complexity index is 607. The van der Waals surface area contributed by atoms with Gasteiger partial charge in [0.05, 0.1) is 16.6 Å². The molecule has 0 spiro atoms. The number of aromatic nitrogens is 2. The minimum Gasteiger partial charge on any atom is -0.369 e. The Labute approximate surface area is 119 Å². The fourth-order valence-electron chi connectivity index (χ4n) is 1.99. The highest BCUT2D eigenvalue weighted by atomic mass is 32.2. The number of alkyl halides is 3. The third kappa shape index (κ3) is 3.03. The van der Waals surface area contributed by atoms with Crippen LogP contribution < -0.4 is 5.73 Å². The fraction of sp³-hybridized carbons (Fsp3) is 0.462. The van der Waals surface area contributed by atoms with E-state index in [1.165, 1.54) is 6.07 Å². The second kappa shape index (κ2) is 5.55. The normalized spacial score (nSPS) is 13.8. The molecule has 0 radical (unpaired) electrons. The average molecular weight is 303 g/mol. The van der Waals surface area contributed by atoms with Crippen LogP contribution >= 0.6 is 11.8 Å². The molecule has 1 atom stereocenters. The largest absolute Gasteiger partial charge is 0.416 e. The van der Waals surface area contributed by atoms with Gasteiger partial charge in [0.25, 0.3) is 0 Å². The number of benzene rings is 1. The van der Waals surface area contributed by atoms with Crippen molar-refractivity contribution in [2.45, 2.75) is 31.3 Å². The quantitative estimate of drug-likeness (QED) is 0.935. The first-order chi connectivity index (χ1) is 9.32. The van der Waals surface area contributed by atoms with Gasteiger partial charge in [-0.05, 0) is 30.9 Å². The maximum Gasteiger partial charge on any atom is 0.416 e. The van der Waals surface area contributed by atoms with Crippen LogP contribution in [0.2, 0.25) is 0 Å². The topological polar surface area (TPSA) is 43.8 Å². The number of nitrogen functional groups attached to an aromatic ring is 1. The summed E-state index contributed by atoms with van der Waals surface area (Å²) in [5.74, 6) is 0.257. The fourth-order valence-corrected chi connectivity index (χ4v) is 2.33. The zero-order chi connectivity index (χ0) is 14.9. The predicted molar refractivity (Wildman–Crippen MR) is 76.7 cm³/mol. The smallest absolute Gasteiger partial charge is 0.369 e. The molecular formula is C13H16F3N3S. The lowest BCUT2D eigenvalue weighted by Crippen LogP contribution is -2.08. The number of hydrogen-bond acceptors (Lipinski definition) is 3. The van der Waals surface area contributed by atoms with Crippen LogP contribution in [0.15, 0.2) is 18.2 Å². The van der Waals surface area contributed by atoms with Crippen molar-refractivity contribution in [2.24, 2.45) is 0 Å². The van der Waals surface area contributed by atoms with Gasteiger partial charge in [-0.15, -0.1) is 0 Å². The monoisotopic (exact) mass is 303 g/mol. The summed E-state index contributed by atoms with van der Waals surface area (Å²) in [5, 5.41) is 0.460. The van der Waals surface area contributed by atoms with Crippen molar-refractivity contribution in [3.63, 3.8) is 0 Å². The van der Waals surface area contributed by atoms with Crippen LogP contribution in [0.3, 0.4) is 0 Å². The highest BCUT2D eigenvalue weighted by Gasteiger charge is 2.31. The number of nitrogens with two attached hydrogens (primary N) is 1. The number of hydrogen-bond donors (Lipinski definition) is 1. The van der Waals surface area contributed by atoms with Crippen LogP contribution in [0.25, 0.3) is 11.0 Å². The summed E-state index contributed by atoms with van der Waals surface area (Å²) in [5.41, 5.74) is 6.03. The lowest BCUT2D eigenvalue weighted by molar-refractivity contribution is -0.137. The lowest BCUT2D eigenvalue weighted by atomic mass is 10.2. The van der Waals surface area contributed by atoms with Gasteiger partial charge in [-0.25, -0.2) is 4.98 Å². The van der Waals surface area contributed by atoms with Crippen molar-refractivity contribution in [2.75, 3.05) is 12.0 Å². The molecule has 7 heteroatoms. The Morgan fingerprint density at radius 2 is 2.10 bits per heavy atom. The number of anilines is 1. The number of aryl methyl sites for hydroxylation is 1. The average Bonchev–Trinajstić information content (AvgIpc) is 2.69. The van der Waals surface area contributed by atoms with Crippen molar-refractivity contribution in [3.8, 4) is 0 Å². The van der Waals surface area contributed by atoms with Gasteiger partial charge in [-0.3, -0.25) is 0 Å². The molecule has 1 heterocycles. The third-order valence-electron chi connectivity index (χ3n) is 3.27. The Morgan fingerprint density at radius 3 is 2.70 bits per heavy atom. The molecular weight excluding hydrogens is 287 g/mol. The first-order valence-corrected chi connectivity index (χ1v) is 7.47. The summed E-state index contributed by atoms with van der Waals surface area (Å²) in [4.78, 5) is 4.02. The summed E-state index contributed by atoms with van der Waals surface area (Å²) in [6, 6.07) is 3.55. The van der Waals surface area contributed by atoms with Gasteiger partial charge in [0, 0.05) is 11.8 Å². The van der Waals surface area contributed by atoms with E-state index >= 15 is 0 Å². The molecule has 2 N–H and O–H groups in total. The molecule has 0 saturated carbocycles. The van der Waals surface area contributed by atoms with E-state index < -0.39 is 11.7 Å². The van der Waals surface area contributed by atoms with E-state index in [1.807, 2.05) is 6.26 Å². The van der Waals surface area contributed by atoms with Crippen LogP contribution in [0.5, 0.6) is 0 Å². The lowest BCUT2D eigenvalue weighted by Gasteiger charge is -2.11. The molecule has 1 aromatic heterocycles. The SMILES string of the molecule is CSC(C)CCn1c(N)nc2cc(C(F)(F)F)ccc21. The van der Waals surface area contributed by atoms with Crippen molar-refractivity contribution >= 4 is 28.7 Å². The molecule has 2 aromatic rings. The number of halogens is 3. The van der Waals surface area contributed by atoms with Crippen LogP contribution in [-0.2, 0) is 12.7 Å². The molecule has 0 aliphatic heterocycles. The van der Waals surface area contributed by atoms with E-state index in [1.54, 1.807) is 16.3 Å². The third-order valence-corrected chi connectivity index (χ3v) is 4.31. The predicted octanol–water partition coefficient (Wildman–Crippen LogP) is 3.78. The van der Waals surface area contributed by atoms with Crippen molar-refractivity contribution in [3.05, 3.63) is 23.8 Å². The van der Waals surface area contributed by atoms with Gasteiger partial charge >= 0.3 is 6.18 Å². The van der Waals surface area contributed by atoms with Gasteiger partial charge in [-0.2, -0.15) is 24.9 Å². The Hall–Kier alpha value is -1.37. The highest BCUT2D eigenvalue weighted by molar-refractivity contribution is 7.99. The molecule has 0 saturated heterocycles.